The fourth-order valence-corrected chi connectivity index (χ4v) is 4.00. The summed E-state index contributed by atoms with van der Waals surface area (Å²) in [5.74, 6) is 0.877. The molecular formula is C16H32N2. The highest BCUT2D eigenvalue weighted by atomic mass is 15.1. The Morgan fingerprint density at radius 2 is 1.72 bits per heavy atom. The van der Waals surface area contributed by atoms with E-state index in [0.717, 1.165) is 18.0 Å². The molecule has 0 aromatic heterocycles. The lowest BCUT2D eigenvalue weighted by molar-refractivity contribution is 0.130. The second-order valence-corrected chi connectivity index (χ2v) is 7.93. The molecule has 1 saturated heterocycles. The van der Waals surface area contributed by atoms with Gasteiger partial charge in [0, 0.05) is 25.2 Å². The summed E-state index contributed by atoms with van der Waals surface area (Å²) in [5, 5.41) is 3.92. The van der Waals surface area contributed by atoms with Gasteiger partial charge in [-0.3, -0.25) is 0 Å². The van der Waals surface area contributed by atoms with Crippen molar-refractivity contribution in [2.75, 3.05) is 20.1 Å². The number of piperidine rings is 1. The largest absolute Gasteiger partial charge is 0.310 e. The highest BCUT2D eigenvalue weighted by Gasteiger charge is 2.29. The summed E-state index contributed by atoms with van der Waals surface area (Å²) in [6.45, 7) is 9.67. The molecule has 1 N–H and O–H groups in total. The van der Waals surface area contributed by atoms with Crippen molar-refractivity contribution in [3.05, 3.63) is 0 Å². The normalized spacial score (nSPS) is 32.0. The molecule has 2 aliphatic rings. The van der Waals surface area contributed by atoms with Crippen molar-refractivity contribution < 1.29 is 0 Å². The molecule has 18 heavy (non-hydrogen) atoms. The summed E-state index contributed by atoms with van der Waals surface area (Å²) in [6.07, 6.45) is 8.43. The third-order valence-corrected chi connectivity index (χ3v) is 4.45. The van der Waals surface area contributed by atoms with Crippen molar-refractivity contribution >= 4 is 0 Å². The van der Waals surface area contributed by atoms with Crippen LogP contribution in [0.4, 0.5) is 0 Å². The maximum atomic E-state index is 3.92. The zero-order chi connectivity index (χ0) is 13.2. The highest BCUT2D eigenvalue weighted by molar-refractivity contribution is 4.87. The zero-order valence-electron chi connectivity index (χ0n) is 12.8. The Hall–Kier alpha value is -0.0800. The summed E-state index contributed by atoms with van der Waals surface area (Å²) in [7, 11) is 2.29. The van der Waals surface area contributed by atoms with Crippen LogP contribution >= 0.6 is 0 Å². The molecule has 2 unspecified atom stereocenters. The number of rotatable bonds is 3. The molecule has 1 aliphatic carbocycles. The molecule has 2 nitrogen and oxygen atoms in total. The van der Waals surface area contributed by atoms with Crippen LogP contribution in [0.5, 0.6) is 0 Å². The van der Waals surface area contributed by atoms with E-state index in [1.54, 1.807) is 0 Å². The molecule has 0 amide bonds. The van der Waals surface area contributed by atoms with E-state index in [1.807, 2.05) is 0 Å². The van der Waals surface area contributed by atoms with Crippen molar-refractivity contribution in [2.45, 2.75) is 71.4 Å². The van der Waals surface area contributed by atoms with E-state index in [0.29, 0.717) is 5.41 Å². The third-order valence-electron chi connectivity index (χ3n) is 4.45. The van der Waals surface area contributed by atoms with Gasteiger partial charge in [0.2, 0.25) is 0 Å². The lowest BCUT2D eigenvalue weighted by Crippen LogP contribution is -2.50. The van der Waals surface area contributed by atoms with E-state index < -0.39 is 0 Å². The first-order chi connectivity index (χ1) is 8.42. The van der Waals surface area contributed by atoms with Gasteiger partial charge < -0.3 is 10.2 Å². The molecule has 2 heteroatoms. The average Bonchev–Trinajstić information content (AvgIpc) is 2.66. The first kappa shape index (κ1) is 14.3. The lowest BCUT2D eigenvalue weighted by Gasteiger charge is -2.39. The quantitative estimate of drug-likeness (QED) is 0.829. The molecule has 2 atom stereocenters. The van der Waals surface area contributed by atoms with Crippen LogP contribution in [-0.2, 0) is 0 Å². The second kappa shape index (κ2) is 5.92. The lowest BCUT2D eigenvalue weighted by atomic mass is 9.80. The van der Waals surface area contributed by atoms with E-state index in [-0.39, 0.29) is 0 Å². The van der Waals surface area contributed by atoms with Gasteiger partial charge in [-0.05, 0) is 44.1 Å². The fraction of sp³-hybridized carbons (Fsp3) is 1.00. The summed E-state index contributed by atoms with van der Waals surface area (Å²) < 4.78 is 0. The molecule has 1 aliphatic heterocycles. The summed E-state index contributed by atoms with van der Waals surface area (Å²) in [4.78, 5) is 2.53. The van der Waals surface area contributed by atoms with Crippen LogP contribution in [-0.4, -0.2) is 37.1 Å². The molecular weight excluding hydrogens is 220 g/mol. The van der Waals surface area contributed by atoms with Crippen LogP contribution in [0.25, 0.3) is 0 Å². The Labute approximate surface area is 114 Å². The number of likely N-dealkylation sites (N-methyl/N-ethyl adjacent to an activating group) is 1. The number of likely N-dealkylation sites (tertiary alicyclic amines) is 1. The van der Waals surface area contributed by atoms with Gasteiger partial charge in [0.15, 0.2) is 0 Å². The predicted molar refractivity (Wildman–Crippen MR) is 78.9 cm³/mol. The SMILES string of the molecule is CN1CC(CC(C)(C)C)CC(NC2CCCC2)C1. The summed E-state index contributed by atoms with van der Waals surface area (Å²) in [5.41, 5.74) is 0.473. The van der Waals surface area contributed by atoms with Crippen LogP contribution < -0.4 is 5.32 Å². The first-order valence-electron chi connectivity index (χ1n) is 7.87. The Bertz CT molecular complexity index is 250. The maximum Gasteiger partial charge on any atom is 0.0200 e. The number of nitrogens with one attached hydrogen (secondary N) is 1. The van der Waals surface area contributed by atoms with Crippen LogP contribution in [0.2, 0.25) is 0 Å². The van der Waals surface area contributed by atoms with Crippen LogP contribution in [0.1, 0.15) is 59.3 Å². The van der Waals surface area contributed by atoms with Crippen LogP contribution in [0, 0.1) is 11.3 Å². The van der Waals surface area contributed by atoms with Gasteiger partial charge in [-0.15, -0.1) is 0 Å². The van der Waals surface area contributed by atoms with Crippen molar-refractivity contribution in [1.29, 1.82) is 0 Å². The highest BCUT2D eigenvalue weighted by Crippen LogP contribution is 2.30. The van der Waals surface area contributed by atoms with Crippen molar-refractivity contribution in [1.82, 2.24) is 10.2 Å². The molecule has 106 valence electrons. The van der Waals surface area contributed by atoms with Crippen LogP contribution in [0.3, 0.4) is 0 Å². The van der Waals surface area contributed by atoms with Gasteiger partial charge in [-0.25, -0.2) is 0 Å². The number of hydrogen-bond acceptors (Lipinski definition) is 2. The molecule has 0 aromatic rings. The Kier molecular flexibility index (Phi) is 4.71. The Morgan fingerprint density at radius 3 is 2.33 bits per heavy atom. The van der Waals surface area contributed by atoms with Gasteiger partial charge >= 0.3 is 0 Å². The van der Waals surface area contributed by atoms with Crippen LogP contribution in [0.15, 0.2) is 0 Å². The van der Waals surface area contributed by atoms with Gasteiger partial charge in [0.05, 0.1) is 0 Å². The summed E-state index contributed by atoms with van der Waals surface area (Å²) >= 11 is 0. The van der Waals surface area contributed by atoms with Gasteiger partial charge in [-0.2, -0.15) is 0 Å². The van der Waals surface area contributed by atoms with Crippen molar-refractivity contribution in [3.8, 4) is 0 Å². The zero-order valence-corrected chi connectivity index (χ0v) is 12.8. The van der Waals surface area contributed by atoms with Gasteiger partial charge in [0.25, 0.3) is 0 Å². The maximum absolute atomic E-state index is 3.92. The van der Waals surface area contributed by atoms with E-state index >= 15 is 0 Å². The monoisotopic (exact) mass is 252 g/mol. The first-order valence-corrected chi connectivity index (χ1v) is 7.87. The smallest absolute Gasteiger partial charge is 0.0200 e. The Morgan fingerprint density at radius 1 is 1.06 bits per heavy atom. The minimum Gasteiger partial charge on any atom is -0.310 e. The molecule has 2 rings (SSSR count). The summed E-state index contributed by atoms with van der Waals surface area (Å²) in [6, 6.07) is 1.55. The van der Waals surface area contributed by atoms with E-state index in [1.165, 1.54) is 51.6 Å². The second-order valence-electron chi connectivity index (χ2n) is 7.93. The van der Waals surface area contributed by atoms with E-state index in [9.17, 15) is 0 Å². The topological polar surface area (TPSA) is 15.3 Å². The average molecular weight is 252 g/mol. The minimum atomic E-state index is 0.473. The molecule has 1 heterocycles. The molecule has 0 radical (unpaired) electrons. The van der Waals surface area contributed by atoms with Gasteiger partial charge in [-0.1, -0.05) is 33.6 Å². The molecule has 0 aromatic carbocycles. The molecule has 1 saturated carbocycles. The van der Waals surface area contributed by atoms with E-state index in [2.05, 4.69) is 38.0 Å². The Balaban J connectivity index is 1.83. The molecule has 0 spiro atoms. The predicted octanol–water partition coefficient (Wildman–Crippen LogP) is 3.28. The molecule has 0 bridgehead atoms. The number of nitrogens with zero attached hydrogens (tertiary/aromatic N) is 1. The van der Waals surface area contributed by atoms with Gasteiger partial charge in [0.1, 0.15) is 0 Å². The minimum absolute atomic E-state index is 0.473. The fourth-order valence-electron chi connectivity index (χ4n) is 4.00. The standard InChI is InChI=1S/C16H32N2/c1-16(2,3)10-13-9-15(12-18(4)11-13)17-14-7-5-6-8-14/h13-15,17H,5-12H2,1-4H3. The molecule has 2 fully saturated rings. The number of hydrogen-bond donors (Lipinski definition) is 1. The van der Waals surface area contributed by atoms with Crippen molar-refractivity contribution in [2.24, 2.45) is 11.3 Å². The third kappa shape index (κ3) is 4.55. The van der Waals surface area contributed by atoms with E-state index in [4.69, 9.17) is 0 Å². The van der Waals surface area contributed by atoms with Crippen molar-refractivity contribution in [3.63, 3.8) is 0 Å².